The van der Waals surface area contributed by atoms with Gasteiger partial charge in [0.25, 0.3) is 10.0 Å². The fraction of sp³-hybridized carbons (Fsp3) is 0.0833. The molecule has 2 aromatic heterocycles. The molecule has 0 fully saturated rings. The molecule has 0 bridgehead atoms. The number of sulfonamides is 1. The van der Waals surface area contributed by atoms with Crippen LogP contribution in [0.4, 0.5) is 5.82 Å². The van der Waals surface area contributed by atoms with Gasteiger partial charge in [-0.3, -0.25) is 19.0 Å². The van der Waals surface area contributed by atoms with Crippen molar-refractivity contribution in [3.8, 4) is 0 Å². The minimum absolute atomic E-state index is 0.0617. The lowest BCUT2D eigenvalue weighted by molar-refractivity contribution is 0.601. The first kappa shape index (κ1) is 14.1. The second-order valence-corrected chi connectivity index (χ2v) is 6.28. The van der Waals surface area contributed by atoms with Crippen molar-refractivity contribution in [2.45, 2.75) is 4.90 Å². The Morgan fingerprint density at radius 2 is 1.77 bits per heavy atom. The number of H-pyrrole nitrogens is 2. The van der Waals surface area contributed by atoms with E-state index in [4.69, 9.17) is 0 Å². The summed E-state index contributed by atoms with van der Waals surface area (Å²) >= 11 is 0. The van der Waals surface area contributed by atoms with Gasteiger partial charge >= 0.3 is 11.1 Å². The van der Waals surface area contributed by atoms with Crippen molar-refractivity contribution < 1.29 is 8.42 Å². The molecule has 0 aliphatic heterocycles. The molecule has 3 aromatic rings. The quantitative estimate of drug-likeness (QED) is 0.573. The van der Waals surface area contributed by atoms with E-state index in [0.717, 1.165) is 0 Å². The molecular formula is C12H11N5O4S. The maximum atomic E-state index is 12.3. The van der Waals surface area contributed by atoms with E-state index >= 15 is 0 Å². The number of benzene rings is 1. The third-order valence-corrected chi connectivity index (χ3v) is 4.31. The Labute approximate surface area is 123 Å². The number of hydrogen-bond donors (Lipinski definition) is 3. The Morgan fingerprint density at radius 1 is 1.09 bits per heavy atom. The average molecular weight is 321 g/mol. The highest BCUT2D eigenvalue weighted by molar-refractivity contribution is 7.92. The van der Waals surface area contributed by atoms with Crippen molar-refractivity contribution in [1.82, 2.24) is 19.7 Å². The van der Waals surface area contributed by atoms with Crippen LogP contribution in [0.2, 0.25) is 0 Å². The van der Waals surface area contributed by atoms with Gasteiger partial charge in [0.15, 0.2) is 5.82 Å². The molecule has 3 N–H and O–H groups in total. The van der Waals surface area contributed by atoms with E-state index < -0.39 is 21.1 Å². The molecule has 0 saturated heterocycles. The molecule has 9 nitrogen and oxygen atoms in total. The van der Waals surface area contributed by atoms with Crippen molar-refractivity contribution in [2.75, 3.05) is 4.72 Å². The fourth-order valence-electron chi connectivity index (χ4n) is 1.93. The third kappa shape index (κ3) is 2.51. The number of nitrogens with zero attached hydrogens (tertiary/aromatic N) is 2. The number of aromatic amines is 2. The zero-order valence-electron chi connectivity index (χ0n) is 11.3. The Morgan fingerprint density at radius 3 is 2.41 bits per heavy atom. The van der Waals surface area contributed by atoms with Gasteiger partial charge < -0.3 is 9.97 Å². The second kappa shape index (κ2) is 4.84. The molecule has 0 atom stereocenters. The average Bonchev–Trinajstić information content (AvgIpc) is 2.84. The SMILES string of the molecule is Cn1ccc(NS(=O)(=O)c2ccc3[nH]c(=O)c(=O)[nH]c3c2)n1. The summed E-state index contributed by atoms with van der Waals surface area (Å²) in [5.74, 6) is 0.178. The van der Waals surface area contributed by atoms with Crippen molar-refractivity contribution in [1.29, 1.82) is 0 Å². The first-order valence-electron chi connectivity index (χ1n) is 6.14. The number of rotatable bonds is 3. The van der Waals surface area contributed by atoms with Crippen LogP contribution in [0.3, 0.4) is 0 Å². The summed E-state index contributed by atoms with van der Waals surface area (Å²) in [4.78, 5) is 27.2. The van der Waals surface area contributed by atoms with Gasteiger partial charge in [-0.2, -0.15) is 5.10 Å². The number of hydrogen-bond acceptors (Lipinski definition) is 5. The molecule has 3 rings (SSSR count). The van der Waals surface area contributed by atoms with Gasteiger partial charge in [0.2, 0.25) is 0 Å². The van der Waals surface area contributed by atoms with Crippen molar-refractivity contribution in [3.05, 3.63) is 51.2 Å². The molecule has 0 amide bonds. The van der Waals surface area contributed by atoms with Crippen LogP contribution < -0.4 is 15.8 Å². The van der Waals surface area contributed by atoms with Gasteiger partial charge in [-0.1, -0.05) is 0 Å². The van der Waals surface area contributed by atoms with Crippen LogP contribution in [0, 0.1) is 0 Å². The minimum atomic E-state index is -3.85. The van der Waals surface area contributed by atoms with Crippen LogP contribution in [0.5, 0.6) is 0 Å². The number of nitrogens with one attached hydrogen (secondary N) is 3. The van der Waals surface area contributed by atoms with Crippen LogP contribution in [-0.4, -0.2) is 28.2 Å². The van der Waals surface area contributed by atoms with E-state index in [1.165, 1.54) is 28.9 Å². The molecule has 0 saturated carbocycles. The van der Waals surface area contributed by atoms with Crippen LogP contribution in [0.25, 0.3) is 11.0 Å². The van der Waals surface area contributed by atoms with Gasteiger partial charge in [-0.25, -0.2) is 8.42 Å². The largest absolute Gasteiger partial charge is 0.316 e. The summed E-state index contributed by atoms with van der Waals surface area (Å²) < 4.78 is 28.3. The molecule has 22 heavy (non-hydrogen) atoms. The van der Waals surface area contributed by atoms with E-state index in [1.54, 1.807) is 13.2 Å². The van der Waals surface area contributed by atoms with Crippen molar-refractivity contribution in [2.24, 2.45) is 7.05 Å². The highest BCUT2D eigenvalue weighted by Gasteiger charge is 2.16. The molecular weight excluding hydrogens is 310 g/mol. The topological polar surface area (TPSA) is 130 Å². The Kier molecular flexibility index (Phi) is 3.10. The Hall–Kier alpha value is -2.88. The van der Waals surface area contributed by atoms with Crippen LogP contribution in [-0.2, 0) is 17.1 Å². The first-order chi connectivity index (χ1) is 10.3. The van der Waals surface area contributed by atoms with Crippen molar-refractivity contribution in [3.63, 3.8) is 0 Å². The number of aryl methyl sites for hydroxylation is 1. The van der Waals surface area contributed by atoms with E-state index in [9.17, 15) is 18.0 Å². The van der Waals surface area contributed by atoms with Gasteiger partial charge in [-0.15, -0.1) is 0 Å². The molecule has 0 spiro atoms. The zero-order valence-corrected chi connectivity index (χ0v) is 12.1. The van der Waals surface area contributed by atoms with Gasteiger partial charge in [0, 0.05) is 19.3 Å². The van der Waals surface area contributed by atoms with Crippen LogP contribution >= 0.6 is 0 Å². The standard InChI is InChI=1S/C12H11N5O4S/c1-17-5-4-10(15-17)16-22(20,21)7-2-3-8-9(6-7)14-12(19)11(18)13-8/h2-6H,1H3,(H,13,18)(H,14,19)(H,15,16). The molecule has 0 radical (unpaired) electrons. The van der Waals surface area contributed by atoms with E-state index in [1.807, 2.05) is 0 Å². The van der Waals surface area contributed by atoms with E-state index in [-0.39, 0.29) is 16.2 Å². The summed E-state index contributed by atoms with van der Waals surface area (Å²) in [5, 5.41) is 3.93. The summed E-state index contributed by atoms with van der Waals surface area (Å²) in [6, 6.07) is 5.50. The molecule has 1 aromatic carbocycles. The van der Waals surface area contributed by atoms with E-state index in [0.29, 0.717) is 5.52 Å². The molecule has 2 heterocycles. The van der Waals surface area contributed by atoms with Crippen molar-refractivity contribution >= 4 is 26.9 Å². The maximum Gasteiger partial charge on any atom is 0.314 e. The predicted molar refractivity (Wildman–Crippen MR) is 79.2 cm³/mol. The summed E-state index contributed by atoms with van der Waals surface area (Å²) in [7, 11) is -2.19. The Bertz CT molecular complexity index is 1080. The fourth-order valence-corrected chi connectivity index (χ4v) is 2.95. The monoisotopic (exact) mass is 321 g/mol. The highest BCUT2D eigenvalue weighted by atomic mass is 32.2. The summed E-state index contributed by atoms with van der Waals surface area (Å²) in [6.45, 7) is 0. The van der Waals surface area contributed by atoms with Gasteiger partial charge in [-0.05, 0) is 18.2 Å². The highest BCUT2D eigenvalue weighted by Crippen LogP contribution is 2.17. The molecule has 0 aliphatic rings. The Balaban J connectivity index is 2.07. The molecule has 114 valence electrons. The number of fused-ring (bicyclic) bond motifs is 1. The number of anilines is 1. The number of aromatic nitrogens is 4. The van der Waals surface area contributed by atoms with Gasteiger partial charge in [0.05, 0.1) is 15.9 Å². The predicted octanol–water partition coefficient (Wildman–Crippen LogP) is -0.249. The molecule has 0 unspecified atom stereocenters. The zero-order chi connectivity index (χ0) is 15.9. The second-order valence-electron chi connectivity index (χ2n) is 4.60. The van der Waals surface area contributed by atoms with Gasteiger partial charge in [0.1, 0.15) is 0 Å². The maximum absolute atomic E-state index is 12.3. The lowest BCUT2D eigenvalue weighted by atomic mass is 10.3. The summed E-state index contributed by atoms with van der Waals surface area (Å²) in [6.07, 6.45) is 1.60. The van der Waals surface area contributed by atoms with Crippen LogP contribution in [0.15, 0.2) is 44.9 Å². The third-order valence-electron chi connectivity index (χ3n) is 2.96. The lowest BCUT2D eigenvalue weighted by Gasteiger charge is -2.06. The summed E-state index contributed by atoms with van der Waals surface area (Å²) in [5.41, 5.74) is -1.09. The molecule has 10 heteroatoms. The normalized spacial score (nSPS) is 11.7. The van der Waals surface area contributed by atoms with Crippen LogP contribution in [0.1, 0.15) is 0 Å². The first-order valence-corrected chi connectivity index (χ1v) is 7.62. The van der Waals surface area contributed by atoms with E-state index in [2.05, 4.69) is 19.8 Å². The lowest BCUT2D eigenvalue weighted by Crippen LogP contribution is -2.29. The minimum Gasteiger partial charge on any atom is -0.316 e. The molecule has 0 aliphatic carbocycles. The smallest absolute Gasteiger partial charge is 0.314 e.